The van der Waals surface area contributed by atoms with Crippen molar-refractivity contribution in [3.05, 3.63) is 28.2 Å². The Bertz CT molecular complexity index is 352. The third-order valence-corrected chi connectivity index (χ3v) is 3.12. The molecule has 1 rings (SSSR count). The van der Waals surface area contributed by atoms with Gasteiger partial charge in [-0.05, 0) is 31.5 Å². The monoisotopic (exact) mass is 299 g/mol. The maximum Gasteiger partial charge on any atom is 0.124 e. The smallest absolute Gasteiger partial charge is 0.124 e. The van der Waals surface area contributed by atoms with E-state index in [2.05, 4.69) is 55.0 Å². The molecule has 2 nitrogen and oxygen atoms in total. The van der Waals surface area contributed by atoms with E-state index in [1.807, 2.05) is 12.1 Å². The molecule has 0 saturated carbocycles. The number of nitrogens with one attached hydrogen (secondary N) is 1. The van der Waals surface area contributed by atoms with E-state index in [0.717, 1.165) is 23.2 Å². The van der Waals surface area contributed by atoms with Crippen molar-refractivity contribution < 1.29 is 4.74 Å². The first kappa shape index (κ1) is 14.5. The van der Waals surface area contributed by atoms with Crippen molar-refractivity contribution in [2.24, 2.45) is 0 Å². The molecule has 96 valence electrons. The number of hydrogen-bond acceptors (Lipinski definition) is 2. The van der Waals surface area contributed by atoms with E-state index in [-0.39, 0.29) is 6.10 Å². The quantitative estimate of drug-likeness (QED) is 0.853. The molecule has 0 aliphatic heterocycles. The second kappa shape index (κ2) is 7.02. The Hall–Kier alpha value is -0.540. The Morgan fingerprint density at radius 1 is 1.29 bits per heavy atom. The van der Waals surface area contributed by atoms with Gasteiger partial charge in [-0.2, -0.15) is 0 Å². The fraction of sp³-hybridized carbons (Fsp3) is 0.571. The standard InChI is InChI=1S/C14H22BrNO/c1-5-11(4)17-14-7-6-13(15)8-12(14)9-16-10(2)3/h6-8,10-11,16H,5,9H2,1-4H3. The van der Waals surface area contributed by atoms with Crippen molar-refractivity contribution >= 4 is 15.9 Å². The molecule has 0 spiro atoms. The summed E-state index contributed by atoms with van der Waals surface area (Å²) in [4.78, 5) is 0. The number of hydrogen-bond donors (Lipinski definition) is 1. The molecule has 0 fully saturated rings. The van der Waals surface area contributed by atoms with Gasteiger partial charge >= 0.3 is 0 Å². The largest absolute Gasteiger partial charge is 0.490 e. The molecule has 0 amide bonds. The van der Waals surface area contributed by atoms with Crippen molar-refractivity contribution in [1.29, 1.82) is 0 Å². The summed E-state index contributed by atoms with van der Waals surface area (Å²) in [7, 11) is 0. The van der Waals surface area contributed by atoms with Crippen LogP contribution in [0.1, 0.15) is 39.7 Å². The first-order valence-corrected chi connectivity index (χ1v) is 7.00. The Labute approximate surface area is 113 Å². The van der Waals surface area contributed by atoms with E-state index < -0.39 is 0 Å². The highest BCUT2D eigenvalue weighted by atomic mass is 79.9. The van der Waals surface area contributed by atoms with Crippen LogP contribution in [0, 0.1) is 0 Å². The van der Waals surface area contributed by atoms with E-state index in [1.165, 1.54) is 5.56 Å². The van der Waals surface area contributed by atoms with Crippen LogP contribution in [0.15, 0.2) is 22.7 Å². The second-order valence-corrected chi connectivity index (χ2v) is 5.54. The Kier molecular flexibility index (Phi) is 6.00. The molecule has 1 unspecified atom stereocenters. The molecule has 17 heavy (non-hydrogen) atoms. The molecule has 0 aromatic heterocycles. The first-order valence-electron chi connectivity index (χ1n) is 6.21. The summed E-state index contributed by atoms with van der Waals surface area (Å²) in [6.07, 6.45) is 1.28. The first-order chi connectivity index (χ1) is 8.02. The van der Waals surface area contributed by atoms with E-state index in [1.54, 1.807) is 0 Å². The highest BCUT2D eigenvalue weighted by Crippen LogP contribution is 2.24. The predicted molar refractivity (Wildman–Crippen MR) is 76.5 cm³/mol. The zero-order valence-corrected chi connectivity index (χ0v) is 12.7. The van der Waals surface area contributed by atoms with Crippen molar-refractivity contribution in [3.63, 3.8) is 0 Å². The molecular weight excluding hydrogens is 278 g/mol. The van der Waals surface area contributed by atoms with Crippen molar-refractivity contribution in [2.45, 2.75) is 52.8 Å². The predicted octanol–water partition coefficient (Wildman–Crippen LogP) is 4.12. The lowest BCUT2D eigenvalue weighted by atomic mass is 10.2. The molecular formula is C14H22BrNO. The lowest BCUT2D eigenvalue weighted by Gasteiger charge is -2.17. The number of ether oxygens (including phenoxy) is 1. The Morgan fingerprint density at radius 2 is 2.00 bits per heavy atom. The van der Waals surface area contributed by atoms with Gasteiger partial charge in [-0.3, -0.25) is 0 Å². The van der Waals surface area contributed by atoms with Crippen LogP contribution in [0.3, 0.4) is 0 Å². The summed E-state index contributed by atoms with van der Waals surface area (Å²) in [5, 5.41) is 3.42. The molecule has 1 N–H and O–H groups in total. The third kappa shape index (κ3) is 5.09. The third-order valence-electron chi connectivity index (χ3n) is 2.63. The molecule has 3 heteroatoms. The van der Waals surface area contributed by atoms with Crippen LogP contribution >= 0.6 is 15.9 Å². The van der Waals surface area contributed by atoms with Gasteiger partial charge in [-0.25, -0.2) is 0 Å². The lowest BCUT2D eigenvalue weighted by molar-refractivity contribution is 0.214. The van der Waals surface area contributed by atoms with Gasteiger partial charge in [0.25, 0.3) is 0 Å². The van der Waals surface area contributed by atoms with E-state index in [9.17, 15) is 0 Å². The molecule has 0 heterocycles. The van der Waals surface area contributed by atoms with Crippen LogP contribution in [0.2, 0.25) is 0 Å². The average Bonchev–Trinajstić information content (AvgIpc) is 2.29. The van der Waals surface area contributed by atoms with Gasteiger partial charge in [0, 0.05) is 22.6 Å². The van der Waals surface area contributed by atoms with Crippen LogP contribution in [0.25, 0.3) is 0 Å². The summed E-state index contributed by atoms with van der Waals surface area (Å²) in [6.45, 7) is 9.36. The van der Waals surface area contributed by atoms with Gasteiger partial charge in [-0.1, -0.05) is 36.7 Å². The van der Waals surface area contributed by atoms with Crippen LogP contribution in [0.4, 0.5) is 0 Å². The summed E-state index contributed by atoms with van der Waals surface area (Å²) in [5.41, 5.74) is 1.20. The number of benzene rings is 1. The van der Waals surface area contributed by atoms with Crippen molar-refractivity contribution in [1.82, 2.24) is 5.32 Å². The SMILES string of the molecule is CCC(C)Oc1ccc(Br)cc1CNC(C)C. The molecule has 0 bridgehead atoms. The normalized spacial score (nSPS) is 12.8. The fourth-order valence-electron chi connectivity index (χ4n) is 1.42. The average molecular weight is 300 g/mol. The van der Waals surface area contributed by atoms with E-state index >= 15 is 0 Å². The minimum absolute atomic E-state index is 0.258. The second-order valence-electron chi connectivity index (χ2n) is 4.62. The molecule has 0 aliphatic rings. The van der Waals surface area contributed by atoms with Crippen molar-refractivity contribution in [3.8, 4) is 5.75 Å². The van der Waals surface area contributed by atoms with Gasteiger partial charge in [0.05, 0.1) is 6.10 Å². The van der Waals surface area contributed by atoms with Crippen LogP contribution < -0.4 is 10.1 Å². The Morgan fingerprint density at radius 3 is 2.59 bits per heavy atom. The van der Waals surface area contributed by atoms with Gasteiger partial charge in [-0.15, -0.1) is 0 Å². The summed E-state index contributed by atoms with van der Waals surface area (Å²) < 4.78 is 7.01. The molecule has 1 atom stereocenters. The lowest BCUT2D eigenvalue weighted by Crippen LogP contribution is -2.22. The van der Waals surface area contributed by atoms with Gasteiger partial charge in [0.15, 0.2) is 0 Å². The van der Waals surface area contributed by atoms with E-state index in [4.69, 9.17) is 4.74 Å². The number of rotatable bonds is 6. The highest BCUT2D eigenvalue weighted by Gasteiger charge is 2.08. The molecule has 0 radical (unpaired) electrons. The zero-order chi connectivity index (χ0) is 12.8. The Balaban J connectivity index is 2.79. The minimum atomic E-state index is 0.258. The number of halogens is 1. The maximum atomic E-state index is 5.92. The summed E-state index contributed by atoms with van der Waals surface area (Å²) in [5.74, 6) is 0.982. The fourth-order valence-corrected chi connectivity index (χ4v) is 1.82. The van der Waals surface area contributed by atoms with Gasteiger partial charge in [0.1, 0.15) is 5.75 Å². The van der Waals surface area contributed by atoms with Crippen LogP contribution in [-0.2, 0) is 6.54 Å². The molecule has 0 aliphatic carbocycles. The topological polar surface area (TPSA) is 21.3 Å². The maximum absolute atomic E-state index is 5.92. The van der Waals surface area contributed by atoms with Gasteiger partial charge < -0.3 is 10.1 Å². The minimum Gasteiger partial charge on any atom is -0.490 e. The highest BCUT2D eigenvalue weighted by molar-refractivity contribution is 9.10. The van der Waals surface area contributed by atoms with Crippen LogP contribution in [-0.4, -0.2) is 12.1 Å². The van der Waals surface area contributed by atoms with Crippen LogP contribution in [0.5, 0.6) is 5.75 Å². The van der Waals surface area contributed by atoms with Crippen molar-refractivity contribution in [2.75, 3.05) is 0 Å². The summed E-state index contributed by atoms with van der Waals surface area (Å²) >= 11 is 3.50. The van der Waals surface area contributed by atoms with E-state index in [0.29, 0.717) is 6.04 Å². The zero-order valence-electron chi connectivity index (χ0n) is 11.1. The summed E-state index contributed by atoms with van der Waals surface area (Å²) in [6, 6.07) is 6.66. The van der Waals surface area contributed by atoms with Gasteiger partial charge in [0.2, 0.25) is 0 Å². The molecule has 1 aromatic carbocycles. The molecule has 1 aromatic rings. The molecule has 0 saturated heterocycles.